The fraction of sp³-hybridized carbons (Fsp3) is 0.857. The fourth-order valence-electron chi connectivity index (χ4n) is 3.47. The molecule has 1 saturated carbocycles. The standard InChI is InChI=1S/C14H25N3O2/c1-13(2)10(14(13,3)4)12(18)17-7-5-9(6-8-17)11(15)16-19/h9-10,19H,5-8H2,1-4H3,(H2,15,16). The lowest BCUT2D eigenvalue weighted by molar-refractivity contribution is -0.135. The van der Waals surface area contributed by atoms with E-state index < -0.39 is 0 Å². The van der Waals surface area contributed by atoms with Crippen LogP contribution in [0.1, 0.15) is 40.5 Å². The summed E-state index contributed by atoms with van der Waals surface area (Å²) in [5, 5.41) is 11.7. The van der Waals surface area contributed by atoms with Crippen molar-refractivity contribution in [2.45, 2.75) is 40.5 Å². The Hall–Kier alpha value is -1.26. The summed E-state index contributed by atoms with van der Waals surface area (Å²) in [4.78, 5) is 14.5. The summed E-state index contributed by atoms with van der Waals surface area (Å²) >= 11 is 0. The van der Waals surface area contributed by atoms with Crippen LogP contribution in [0.3, 0.4) is 0 Å². The highest BCUT2D eigenvalue weighted by molar-refractivity contribution is 5.85. The summed E-state index contributed by atoms with van der Waals surface area (Å²) < 4.78 is 0. The zero-order valence-corrected chi connectivity index (χ0v) is 12.3. The Morgan fingerprint density at radius 2 is 1.68 bits per heavy atom. The van der Waals surface area contributed by atoms with Gasteiger partial charge in [-0.2, -0.15) is 0 Å². The largest absolute Gasteiger partial charge is 0.409 e. The molecule has 1 heterocycles. The van der Waals surface area contributed by atoms with Crippen molar-refractivity contribution < 1.29 is 10.0 Å². The molecule has 1 aliphatic heterocycles. The fourth-order valence-corrected chi connectivity index (χ4v) is 3.47. The van der Waals surface area contributed by atoms with E-state index in [1.807, 2.05) is 4.90 Å². The number of amidine groups is 1. The van der Waals surface area contributed by atoms with E-state index in [9.17, 15) is 4.79 Å². The van der Waals surface area contributed by atoms with Gasteiger partial charge >= 0.3 is 0 Å². The summed E-state index contributed by atoms with van der Waals surface area (Å²) in [5.74, 6) is 0.793. The smallest absolute Gasteiger partial charge is 0.226 e. The molecule has 1 aliphatic carbocycles. The zero-order valence-electron chi connectivity index (χ0n) is 12.3. The maximum Gasteiger partial charge on any atom is 0.226 e. The lowest BCUT2D eigenvalue weighted by Gasteiger charge is -2.32. The van der Waals surface area contributed by atoms with E-state index in [0.717, 1.165) is 12.8 Å². The van der Waals surface area contributed by atoms with Crippen molar-refractivity contribution in [3.63, 3.8) is 0 Å². The molecule has 108 valence electrons. The Labute approximate surface area is 114 Å². The molecule has 0 aromatic carbocycles. The van der Waals surface area contributed by atoms with Gasteiger partial charge in [0.15, 0.2) is 0 Å². The molecule has 2 fully saturated rings. The van der Waals surface area contributed by atoms with Crippen LogP contribution >= 0.6 is 0 Å². The molecule has 0 atom stereocenters. The van der Waals surface area contributed by atoms with Gasteiger partial charge in [-0.05, 0) is 23.7 Å². The lowest BCUT2D eigenvalue weighted by Crippen LogP contribution is -2.43. The quantitative estimate of drug-likeness (QED) is 0.345. The van der Waals surface area contributed by atoms with Gasteiger partial charge in [0, 0.05) is 24.9 Å². The lowest BCUT2D eigenvalue weighted by atomic mass is 9.95. The van der Waals surface area contributed by atoms with Crippen LogP contribution < -0.4 is 5.73 Å². The molecule has 19 heavy (non-hydrogen) atoms. The second-order valence-electron chi connectivity index (χ2n) is 7.00. The van der Waals surface area contributed by atoms with Crippen molar-refractivity contribution in [3.8, 4) is 0 Å². The number of rotatable bonds is 2. The third kappa shape index (κ3) is 2.09. The number of nitrogens with zero attached hydrogens (tertiary/aromatic N) is 2. The van der Waals surface area contributed by atoms with Crippen molar-refractivity contribution >= 4 is 11.7 Å². The number of piperidine rings is 1. The molecule has 0 spiro atoms. The van der Waals surface area contributed by atoms with Crippen molar-refractivity contribution in [3.05, 3.63) is 0 Å². The summed E-state index contributed by atoms with van der Waals surface area (Å²) in [5.41, 5.74) is 5.80. The van der Waals surface area contributed by atoms with Gasteiger partial charge in [-0.1, -0.05) is 32.9 Å². The van der Waals surface area contributed by atoms with E-state index in [-0.39, 0.29) is 28.6 Å². The van der Waals surface area contributed by atoms with Crippen LogP contribution in [0.25, 0.3) is 0 Å². The first-order chi connectivity index (χ1) is 8.73. The Bertz CT molecular complexity index is 393. The summed E-state index contributed by atoms with van der Waals surface area (Å²) in [6.45, 7) is 10.1. The van der Waals surface area contributed by atoms with Crippen LogP contribution in [0.4, 0.5) is 0 Å². The number of likely N-dealkylation sites (tertiary alicyclic amines) is 1. The minimum Gasteiger partial charge on any atom is -0.409 e. The molecule has 2 rings (SSSR count). The maximum atomic E-state index is 12.6. The molecule has 5 nitrogen and oxygen atoms in total. The average Bonchev–Trinajstić information content (AvgIpc) is 2.78. The maximum absolute atomic E-state index is 12.6. The van der Waals surface area contributed by atoms with Gasteiger partial charge in [0.25, 0.3) is 0 Å². The molecular formula is C14H25N3O2. The van der Waals surface area contributed by atoms with E-state index in [2.05, 4.69) is 32.9 Å². The molecule has 1 amide bonds. The van der Waals surface area contributed by atoms with Gasteiger partial charge in [-0.15, -0.1) is 0 Å². The summed E-state index contributed by atoms with van der Waals surface area (Å²) in [6.07, 6.45) is 1.57. The number of amides is 1. The molecule has 2 aliphatic rings. The Kier molecular flexibility index (Phi) is 3.27. The number of carbonyl (C=O) groups excluding carboxylic acids is 1. The van der Waals surface area contributed by atoms with Crippen LogP contribution in [0.2, 0.25) is 0 Å². The highest BCUT2D eigenvalue weighted by Crippen LogP contribution is 2.68. The van der Waals surface area contributed by atoms with E-state index in [1.54, 1.807) is 0 Å². The monoisotopic (exact) mass is 267 g/mol. The SMILES string of the molecule is CC1(C)C(C(=O)N2CCC(C(N)=NO)CC2)C1(C)C. The number of hydrogen-bond donors (Lipinski definition) is 2. The molecule has 0 bridgehead atoms. The number of carbonyl (C=O) groups is 1. The Morgan fingerprint density at radius 1 is 1.21 bits per heavy atom. The summed E-state index contributed by atoms with van der Waals surface area (Å²) in [7, 11) is 0. The van der Waals surface area contributed by atoms with Crippen LogP contribution in [0.5, 0.6) is 0 Å². The molecule has 3 N–H and O–H groups in total. The predicted molar refractivity (Wildman–Crippen MR) is 73.8 cm³/mol. The third-order valence-electron chi connectivity index (χ3n) is 5.61. The van der Waals surface area contributed by atoms with Crippen molar-refractivity contribution in [1.82, 2.24) is 4.90 Å². The van der Waals surface area contributed by atoms with Crippen molar-refractivity contribution in [2.24, 2.45) is 33.6 Å². The molecular weight excluding hydrogens is 242 g/mol. The molecule has 0 unspecified atom stereocenters. The first kappa shape index (κ1) is 14.2. The molecule has 0 aromatic heterocycles. The topological polar surface area (TPSA) is 78.9 Å². The highest BCUT2D eigenvalue weighted by atomic mass is 16.4. The number of hydrogen-bond acceptors (Lipinski definition) is 3. The van der Waals surface area contributed by atoms with Crippen molar-refractivity contribution in [1.29, 1.82) is 0 Å². The van der Waals surface area contributed by atoms with Gasteiger partial charge in [-0.25, -0.2) is 0 Å². The van der Waals surface area contributed by atoms with Crippen LogP contribution in [-0.2, 0) is 4.79 Å². The van der Waals surface area contributed by atoms with E-state index in [1.165, 1.54) is 0 Å². The molecule has 0 aromatic rings. The number of oxime groups is 1. The minimum absolute atomic E-state index is 0.0898. The minimum atomic E-state index is 0.0898. The first-order valence-corrected chi connectivity index (χ1v) is 6.99. The van der Waals surface area contributed by atoms with Gasteiger partial charge < -0.3 is 15.8 Å². The van der Waals surface area contributed by atoms with E-state index in [4.69, 9.17) is 10.9 Å². The van der Waals surface area contributed by atoms with Gasteiger partial charge in [0.2, 0.25) is 5.91 Å². The Morgan fingerprint density at radius 3 is 2.05 bits per heavy atom. The summed E-state index contributed by atoms with van der Waals surface area (Å²) in [6, 6.07) is 0. The molecule has 5 heteroatoms. The Balaban J connectivity index is 1.95. The van der Waals surface area contributed by atoms with E-state index >= 15 is 0 Å². The highest BCUT2D eigenvalue weighted by Gasteiger charge is 2.68. The van der Waals surface area contributed by atoms with Gasteiger partial charge in [-0.3, -0.25) is 4.79 Å². The first-order valence-electron chi connectivity index (χ1n) is 6.99. The van der Waals surface area contributed by atoms with Crippen molar-refractivity contribution in [2.75, 3.05) is 13.1 Å². The zero-order chi connectivity index (χ0) is 14.4. The van der Waals surface area contributed by atoms with Gasteiger partial charge in [0.1, 0.15) is 5.84 Å². The van der Waals surface area contributed by atoms with Crippen LogP contribution in [-0.4, -0.2) is 34.9 Å². The second-order valence-corrected chi connectivity index (χ2v) is 7.00. The predicted octanol–water partition coefficient (Wildman–Crippen LogP) is 1.65. The normalized spacial score (nSPS) is 27.4. The van der Waals surface area contributed by atoms with Crippen LogP contribution in [0.15, 0.2) is 5.16 Å². The average molecular weight is 267 g/mol. The van der Waals surface area contributed by atoms with Gasteiger partial charge in [0.05, 0.1) is 0 Å². The molecule has 1 saturated heterocycles. The van der Waals surface area contributed by atoms with Crippen LogP contribution in [0, 0.1) is 22.7 Å². The van der Waals surface area contributed by atoms with E-state index in [0.29, 0.717) is 18.9 Å². The number of nitrogens with two attached hydrogens (primary N) is 1. The molecule has 0 radical (unpaired) electrons. The second kappa shape index (κ2) is 4.39. The third-order valence-corrected chi connectivity index (χ3v) is 5.61.